The third kappa shape index (κ3) is 4.91. The molecule has 1 amide bonds. The highest BCUT2D eigenvalue weighted by Gasteiger charge is 2.23. The number of rotatable bonds is 7. The Balaban J connectivity index is 2.14. The zero-order chi connectivity index (χ0) is 21.1. The van der Waals surface area contributed by atoms with E-state index in [1.54, 1.807) is 27.0 Å². The molecule has 0 atom stereocenters. The SMILES string of the molecule is Cc1ccc(OCCN(C)C(=O)c2cc(C)c(C)c(S(=O)(=O)N(C)C)c2)cc1. The number of benzene rings is 2. The molecule has 0 saturated carbocycles. The third-order valence-corrected chi connectivity index (χ3v) is 6.63. The van der Waals surface area contributed by atoms with Crippen LogP contribution in [0.15, 0.2) is 41.3 Å². The van der Waals surface area contributed by atoms with Gasteiger partial charge >= 0.3 is 0 Å². The Kier molecular flexibility index (Phi) is 6.85. The zero-order valence-corrected chi connectivity index (χ0v) is 18.1. The van der Waals surface area contributed by atoms with Gasteiger partial charge in [0.15, 0.2) is 0 Å². The number of hydrogen-bond acceptors (Lipinski definition) is 4. The summed E-state index contributed by atoms with van der Waals surface area (Å²) >= 11 is 0. The number of hydrogen-bond donors (Lipinski definition) is 0. The number of nitrogens with zero attached hydrogens (tertiary/aromatic N) is 2. The minimum Gasteiger partial charge on any atom is -0.492 e. The van der Waals surface area contributed by atoms with Gasteiger partial charge in [0, 0.05) is 26.7 Å². The van der Waals surface area contributed by atoms with Crippen LogP contribution < -0.4 is 4.74 Å². The quantitative estimate of drug-likeness (QED) is 0.711. The fourth-order valence-corrected chi connectivity index (χ4v) is 3.89. The van der Waals surface area contributed by atoms with Crippen LogP contribution in [0.2, 0.25) is 0 Å². The molecule has 0 unspecified atom stereocenters. The highest BCUT2D eigenvalue weighted by molar-refractivity contribution is 7.89. The second-order valence-electron chi connectivity index (χ2n) is 7.09. The van der Waals surface area contributed by atoms with Gasteiger partial charge in [-0.25, -0.2) is 12.7 Å². The third-order valence-electron chi connectivity index (χ3n) is 4.69. The van der Waals surface area contributed by atoms with Crippen molar-refractivity contribution in [2.75, 3.05) is 34.3 Å². The minimum atomic E-state index is -3.63. The summed E-state index contributed by atoms with van der Waals surface area (Å²) in [6.45, 7) is 6.29. The Hall–Kier alpha value is -2.38. The van der Waals surface area contributed by atoms with Crippen molar-refractivity contribution in [3.05, 3.63) is 58.7 Å². The second kappa shape index (κ2) is 8.75. The number of ether oxygens (including phenoxy) is 1. The first-order chi connectivity index (χ1) is 13.0. The monoisotopic (exact) mass is 404 g/mol. The predicted octanol–water partition coefficient (Wildman–Crippen LogP) is 3.01. The number of likely N-dealkylation sites (N-methyl/N-ethyl adjacent to an activating group) is 1. The Morgan fingerprint density at radius 3 is 2.18 bits per heavy atom. The highest BCUT2D eigenvalue weighted by atomic mass is 32.2. The molecule has 0 N–H and O–H groups in total. The molecule has 28 heavy (non-hydrogen) atoms. The molecule has 0 saturated heterocycles. The largest absolute Gasteiger partial charge is 0.492 e. The maximum atomic E-state index is 12.8. The van der Waals surface area contributed by atoms with E-state index in [1.807, 2.05) is 31.2 Å². The van der Waals surface area contributed by atoms with E-state index in [1.165, 1.54) is 25.1 Å². The summed E-state index contributed by atoms with van der Waals surface area (Å²) in [4.78, 5) is 14.5. The summed E-state index contributed by atoms with van der Waals surface area (Å²) in [5, 5.41) is 0. The fourth-order valence-electron chi connectivity index (χ4n) is 2.67. The normalized spacial score (nSPS) is 11.5. The average molecular weight is 405 g/mol. The maximum Gasteiger partial charge on any atom is 0.253 e. The Labute approximate surface area is 167 Å². The Morgan fingerprint density at radius 1 is 1.00 bits per heavy atom. The summed E-state index contributed by atoms with van der Waals surface area (Å²) in [7, 11) is 1.00. The molecule has 0 aliphatic carbocycles. The van der Waals surface area contributed by atoms with E-state index < -0.39 is 10.0 Å². The van der Waals surface area contributed by atoms with E-state index in [9.17, 15) is 13.2 Å². The summed E-state index contributed by atoms with van der Waals surface area (Å²) < 4.78 is 32.0. The first kappa shape index (κ1) is 21.9. The zero-order valence-electron chi connectivity index (χ0n) is 17.3. The minimum absolute atomic E-state index is 0.158. The fraction of sp³-hybridized carbons (Fsp3) is 0.381. The van der Waals surface area contributed by atoms with Crippen LogP contribution in [-0.2, 0) is 10.0 Å². The molecule has 0 radical (unpaired) electrons. The van der Waals surface area contributed by atoms with Crippen LogP contribution in [0.4, 0.5) is 0 Å². The van der Waals surface area contributed by atoms with Crippen LogP contribution in [0, 0.1) is 20.8 Å². The molecule has 2 aromatic rings. The van der Waals surface area contributed by atoms with Crippen molar-refractivity contribution in [1.29, 1.82) is 0 Å². The molecule has 152 valence electrons. The summed E-state index contributed by atoms with van der Waals surface area (Å²) in [5.41, 5.74) is 2.91. The van der Waals surface area contributed by atoms with Gasteiger partial charge < -0.3 is 9.64 Å². The van der Waals surface area contributed by atoms with Crippen LogP contribution in [0.5, 0.6) is 5.75 Å². The summed E-state index contributed by atoms with van der Waals surface area (Å²) in [6, 6.07) is 10.9. The topological polar surface area (TPSA) is 66.9 Å². The van der Waals surface area contributed by atoms with Gasteiger partial charge in [-0.05, 0) is 56.2 Å². The summed E-state index contributed by atoms with van der Waals surface area (Å²) in [5.74, 6) is 0.503. The molecule has 0 spiro atoms. The molecular weight excluding hydrogens is 376 g/mol. The van der Waals surface area contributed by atoms with Gasteiger partial charge in [-0.3, -0.25) is 4.79 Å². The van der Waals surface area contributed by atoms with E-state index >= 15 is 0 Å². The smallest absolute Gasteiger partial charge is 0.253 e. The number of sulfonamides is 1. The van der Waals surface area contributed by atoms with Crippen molar-refractivity contribution in [2.24, 2.45) is 0 Å². The molecule has 0 bridgehead atoms. The number of carbonyl (C=O) groups is 1. The highest BCUT2D eigenvalue weighted by Crippen LogP contribution is 2.24. The number of carbonyl (C=O) groups excluding carboxylic acids is 1. The van der Waals surface area contributed by atoms with Crippen molar-refractivity contribution in [1.82, 2.24) is 9.21 Å². The predicted molar refractivity (Wildman–Crippen MR) is 110 cm³/mol. The van der Waals surface area contributed by atoms with Gasteiger partial charge in [0.25, 0.3) is 5.91 Å². The van der Waals surface area contributed by atoms with Gasteiger partial charge in [-0.2, -0.15) is 0 Å². The summed E-state index contributed by atoms with van der Waals surface area (Å²) in [6.07, 6.45) is 0. The second-order valence-corrected chi connectivity index (χ2v) is 9.21. The van der Waals surface area contributed by atoms with Crippen LogP contribution in [0.1, 0.15) is 27.0 Å². The molecule has 2 aromatic carbocycles. The lowest BCUT2D eigenvalue weighted by molar-refractivity contribution is 0.0773. The van der Waals surface area contributed by atoms with Gasteiger partial charge in [-0.15, -0.1) is 0 Å². The molecule has 7 heteroatoms. The number of aryl methyl sites for hydroxylation is 2. The molecule has 6 nitrogen and oxygen atoms in total. The Morgan fingerprint density at radius 2 is 1.61 bits per heavy atom. The van der Waals surface area contributed by atoms with Gasteiger partial charge in [0.1, 0.15) is 12.4 Å². The molecule has 0 heterocycles. The molecule has 2 rings (SSSR count). The van der Waals surface area contributed by atoms with Crippen molar-refractivity contribution < 1.29 is 17.9 Å². The lowest BCUT2D eigenvalue weighted by atomic mass is 10.1. The Bertz CT molecular complexity index is 951. The molecule has 0 aliphatic rings. The van der Waals surface area contributed by atoms with Crippen LogP contribution >= 0.6 is 0 Å². The van der Waals surface area contributed by atoms with Gasteiger partial charge in [-0.1, -0.05) is 17.7 Å². The molecule has 0 aromatic heterocycles. The van der Waals surface area contributed by atoms with E-state index in [-0.39, 0.29) is 10.8 Å². The van der Waals surface area contributed by atoms with Gasteiger partial charge in [0.05, 0.1) is 11.4 Å². The van der Waals surface area contributed by atoms with Crippen LogP contribution in [-0.4, -0.2) is 57.8 Å². The first-order valence-corrected chi connectivity index (χ1v) is 10.5. The lowest BCUT2D eigenvalue weighted by Gasteiger charge is -2.20. The van der Waals surface area contributed by atoms with E-state index in [4.69, 9.17) is 4.74 Å². The molecule has 0 aliphatic heterocycles. The van der Waals surface area contributed by atoms with Gasteiger partial charge in [0.2, 0.25) is 10.0 Å². The standard InChI is InChI=1S/C21H28N2O4S/c1-15-7-9-19(10-8-15)27-12-11-23(6)21(24)18-13-16(2)17(3)20(14-18)28(25,26)22(4)5/h7-10,13-14H,11-12H2,1-6H3. The molecular formula is C21H28N2O4S. The van der Waals surface area contributed by atoms with Crippen LogP contribution in [0.25, 0.3) is 0 Å². The van der Waals surface area contributed by atoms with E-state index in [2.05, 4.69) is 0 Å². The van der Waals surface area contributed by atoms with Crippen molar-refractivity contribution in [3.8, 4) is 5.75 Å². The van der Waals surface area contributed by atoms with E-state index in [0.29, 0.717) is 24.3 Å². The van der Waals surface area contributed by atoms with E-state index in [0.717, 1.165) is 21.2 Å². The van der Waals surface area contributed by atoms with Crippen LogP contribution in [0.3, 0.4) is 0 Å². The van der Waals surface area contributed by atoms with Crippen molar-refractivity contribution >= 4 is 15.9 Å². The number of amides is 1. The molecule has 0 fully saturated rings. The van der Waals surface area contributed by atoms with Crippen molar-refractivity contribution in [2.45, 2.75) is 25.7 Å². The average Bonchev–Trinajstić information content (AvgIpc) is 2.64. The first-order valence-electron chi connectivity index (χ1n) is 9.02. The maximum absolute atomic E-state index is 12.8. The van der Waals surface area contributed by atoms with Crippen molar-refractivity contribution in [3.63, 3.8) is 0 Å². The lowest BCUT2D eigenvalue weighted by Crippen LogP contribution is -2.31.